The van der Waals surface area contributed by atoms with E-state index in [1.54, 1.807) is 24.4 Å². The standard InChI is InChI=1S/C15H14ClNO3/c16-14-9-11(4-5-17-14)15(18)10-2-3-12-13(8-10)20-7-1-6-19-12/h2-5,8-9,15,18H,1,6-7H2. The van der Waals surface area contributed by atoms with Gasteiger partial charge in [0.25, 0.3) is 0 Å². The largest absolute Gasteiger partial charge is 0.490 e. The van der Waals surface area contributed by atoms with Gasteiger partial charge in [0.1, 0.15) is 11.3 Å². The van der Waals surface area contributed by atoms with Crippen LogP contribution in [0.5, 0.6) is 11.5 Å². The van der Waals surface area contributed by atoms with E-state index in [0.717, 1.165) is 12.0 Å². The fourth-order valence-corrected chi connectivity index (χ4v) is 2.31. The molecule has 104 valence electrons. The topological polar surface area (TPSA) is 51.6 Å². The van der Waals surface area contributed by atoms with Gasteiger partial charge in [-0.1, -0.05) is 17.7 Å². The zero-order chi connectivity index (χ0) is 13.9. The molecule has 20 heavy (non-hydrogen) atoms. The molecule has 0 saturated heterocycles. The maximum atomic E-state index is 10.4. The molecule has 4 nitrogen and oxygen atoms in total. The van der Waals surface area contributed by atoms with Crippen LogP contribution < -0.4 is 9.47 Å². The Morgan fingerprint density at radius 1 is 1.05 bits per heavy atom. The van der Waals surface area contributed by atoms with E-state index in [0.29, 0.717) is 35.4 Å². The molecule has 3 rings (SSSR count). The van der Waals surface area contributed by atoms with Gasteiger partial charge >= 0.3 is 0 Å². The lowest BCUT2D eigenvalue weighted by molar-refractivity contribution is 0.219. The summed E-state index contributed by atoms with van der Waals surface area (Å²) >= 11 is 5.85. The minimum absolute atomic E-state index is 0.357. The van der Waals surface area contributed by atoms with E-state index >= 15 is 0 Å². The molecule has 1 aromatic carbocycles. The van der Waals surface area contributed by atoms with E-state index in [2.05, 4.69) is 4.98 Å². The molecule has 0 aliphatic carbocycles. The number of aliphatic hydroxyl groups excluding tert-OH is 1. The summed E-state index contributed by atoms with van der Waals surface area (Å²) in [7, 11) is 0. The molecule has 1 unspecified atom stereocenters. The predicted octanol–water partition coefficient (Wildman–Crippen LogP) is 2.98. The summed E-state index contributed by atoms with van der Waals surface area (Å²) in [6, 6.07) is 8.84. The molecular formula is C15H14ClNO3. The van der Waals surface area contributed by atoms with Crippen molar-refractivity contribution in [2.24, 2.45) is 0 Å². The number of halogens is 1. The number of hydrogen-bond acceptors (Lipinski definition) is 4. The lowest BCUT2D eigenvalue weighted by atomic mass is 10.0. The third-order valence-corrected chi connectivity index (χ3v) is 3.36. The van der Waals surface area contributed by atoms with Crippen molar-refractivity contribution in [1.29, 1.82) is 0 Å². The molecule has 0 bridgehead atoms. The number of fused-ring (bicyclic) bond motifs is 1. The summed E-state index contributed by atoms with van der Waals surface area (Å²) in [6.07, 6.45) is 1.66. The molecule has 1 atom stereocenters. The summed E-state index contributed by atoms with van der Waals surface area (Å²) in [4.78, 5) is 3.91. The van der Waals surface area contributed by atoms with Crippen LogP contribution in [-0.2, 0) is 0 Å². The Morgan fingerprint density at radius 2 is 1.80 bits per heavy atom. The van der Waals surface area contributed by atoms with Crippen LogP contribution in [0.1, 0.15) is 23.7 Å². The first-order valence-corrected chi connectivity index (χ1v) is 6.81. The summed E-state index contributed by atoms with van der Waals surface area (Å²) in [5.41, 5.74) is 1.43. The summed E-state index contributed by atoms with van der Waals surface area (Å²) in [6.45, 7) is 1.27. The normalized spacial score (nSPS) is 15.5. The fourth-order valence-electron chi connectivity index (χ4n) is 2.13. The van der Waals surface area contributed by atoms with Crippen molar-refractivity contribution in [2.75, 3.05) is 13.2 Å². The van der Waals surface area contributed by atoms with Crippen LogP contribution in [-0.4, -0.2) is 23.3 Å². The van der Waals surface area contributed by atoms with Gasteiger partial charge in [0.15, 0.2) is 11.5 Å². The van der Waals surface area contributed by atoms with Gasteiger partial charge in [-0.25, -0.2) is 4.98 Å². The van der Waals surface area contributed by atoms with Crippen LogP contribution in [0.3, 0.4) is 0 Å². The quantitative estimate of drug-likeness (QED) is 0.864. The first-order chi connectivity index (χ1) is 9.74. The minimum atomic E-state index is -0.771. The highest BCUT2D eigenvalue weighted by atomic mass is 35.5. The van der Waals surface area contributed by atoms with E-state index in [4.69, 9.17) is 21.1 Å². The van der Waals surface area contributed by atoms with Crippen LogP contribution in [0, 0.1) is 0 Å². The van der Waals surface area contributed by atoms with Crippen LogP contribution in [0.25, 0.3) is 0 Å². The Labute approximate surface area is 121 Å². The number of aromatic nitrogens is 1. The second kappa shape index (κ2) is 5.69. The molecule has 1 N–H and O–H groups in total. The monoisotopic (exact) mass is 291 g/mol. The van der Waals surface area contributed by atoms with E-state index < -0.39 is 6.10 Å². The zero-order valence-corrected chi connectivity index (χ0v) is 11.5. The Hall–Kier alpha value is -1.78. The van der Waals surface area contributed by atoms with E-state index in [1.165, 1.54) is 0 Å². The Bertz CT molecular complexity index is 618. The average Bonchev–Trinajstić information content (AvgIpc) is 2.71. The van der Waals surface area contributed by atoms with Gasteiger partial charge in [0, 0.05) is 12.6 Å². The number of aliphatic hydroxyl groups is 1. The molecule has 2 heterocycles. The Kier molecular flexibility index (Phi) is 3.76. The van der Waals surface area contributed by atoms with Gasteiger partial charge in [-0.15, -0.1) is 0 Å². The fraction of sp³-hybridized carbons (Fsp3) is 0.267. The number of rotatable bonds is 2. The maximum Gasteiger partial charge on any atom is 0.161 e. The number of hydrogen-bond donors (Lipinski definition) is 1. The summed E-state index contributed by atoms with van der Waals surface area (Å²) in [5, 5.41) is 10.8. The van der Waals surface area contributed by atoms with Crippen LogP contribution in [0.15, 0.2) is 36.5 Å². The summed E-state index contributed by atoms with van der Waals surface area (Å²) < 4.78 is 11.2. The molecule has 1 aliphatic rings. The van der Waals surface area contributed by atoms with Gasteiger partial charge in [-0.3, -0.25) is 0 Å². The van der Waals surface area contributed by atoms with Crippen LogP contribution >= 0.6 is 11.6 Å². The molecule has 0 radical (unpaired) electrons. The van der Waals surface area contributed by atoms with Crippen molar-refractivity contribution in [3.63, 3.8) is 0 Å². The average molecular weight is 292 g/mol. The van der Waals surface area contributed by atoms with E-state index in [9.17, 15) is 5.11 Å². The Balaban J connectivity index is 1.92. The SMILES string of the molecule is OC(c1ccnc(Cl)c1)c1ccc2c(c1)OCCCO2. The van der Waals surface area contributed by atoms with Crippen molar-refractivity contribution < 1.29 is 14.6 Å². The lowest BCUT2D eigenvalue weighted by Gasteiger charge is -2.14. The number of ether oxygens (including phenoxy) is 2. The lowest BCUT2D eigenvalue weighted by Crippen LogP contribution is -2.01. The van der Waals surface area contributed by atoms with Gasteiger partial charge in [-0.2, -0.15) is 0 Å². The smallest absolute Gasteiger partial charge is 0.161 e. The number of pyridine rings is 1. The van der Waals surface area contributed by atoms with Gasteiger partial charge in [-0.05, 0) is 35.4 Å². The number of nitrogens with zero attached hydrogens (tertiary/aromatic N) is 1. The molecule has 0 saturated carbocycles. The maximum absolute atomic E-state index is 10.4. The van der Waals surface area contributed by atoms with Crippen molar-refractivity contribution in [1.82, 2.24) is 4.98 Å². The van der Waals surface area contributed by atoms with Crippen molar-refractivity contribution in [3.05, 3.63) is 52.8 Å². The second-order valence-corrected chi connectivity index (χ2v) is 4.96. The molecule has 1 aliphatic heterocycles. The van der Waals surface area contributed by atoms with Crippen molar-refractivity contribution in [2.45, 2.75) is 12.5 Å². The highest BCUT2D eigenvalue weighted by molar-refractivity contribution is 6.29. The van der Waals surface area contributed by atoms with Crippen LogP contribution in [0.2, 0.25) is 5.15 Å². The highest BCUT2D eigenvalue weighted by Crippen LogP contribution is 2.34. The van der Waals surface area contributed by atoms with Crippen LogP contribution in [0.4, 0.5) is 0 Å². The second-order valence-electron chi connectivity index (χ2n) is 4.57. The van der Waals surface area contributed by atoms with Gasteiger partial charge in [0.05, 0.1) is 13.2 Å². The third-order valence-electron chi connectivity index (χ3n) is 3.15. The van der Waals surface area contributed by atoms with Gasteiger partial charge in [0.2, 0.25) is 0 Å². The molecule has 0 spiro atoms. The predicted molar refractivity (Wildman–Crippen MR) is 75.4 cm³/mol. The zero-order valence-electron chi connectivity index (χ0n) is 10.8. The molecular weight excluding hydrogens is 278 g/mol. The number of benzene rings is 1. The Morgan fingerprint density at radius 3 is 2.60 bits per heavy atom. The first kappa shape index (κ1) is 13.2. The first-order valence-electron chi connectivity index (χ1n) is 6.43. The molecule has 5 heteroatoms. The van der Waals surface area contributed by atoms with E-state index in [1.807, 2.05) is 12.1 Å². The molecule has 2 aromatic rings. The summed E-state index contributed by atoms with van der Waals surface area (Å²) in [5.74, 6) is 1.38. The molecule has 1 aromatic heterocycles. The highest BCUT2D eigenvalue weighted by Gasteiger charge is 2.16. The molecule has 0 amide bonds. The van der Waals surface area contributed by atoms with E-state index in [-0.39, 0.29) is 0 Å². The minimum Gasteiger partial charge on any atom is -0.490 e. The third kappa shape index (κ3) is 2.71. The molecule has 0 fully saturated rings. The van der Waals surface area contributed by atoms with Crippen molar-refractivity contribution in [3.8, 4) is 11.5 Å². The van der Waals surface area contributed by atoms with Crippen molar-refractivity contribution >= 4 is 11.6 Å². The van der Waals surface area contributed by atoms with Gasteiger partial charge < -0.3 is 14.6 Å².